The normalized spacial score (nSPS) is 19.6. The Labute approximate surface area is 147 Å². The van der Waals surface area contributed by atoms with E-state index in [1.807, 2.05) is 38.1 Å². The van der Waals surface area contributed by atoms with Gasteiger partial charge < -0.3 is 15.0 Å². The Hall–Kier alpha value is -2.54. The molecule has 2 atom stereocenters. The molecule has 3 rings (SSSR count). The fourth-order valence-corrected chi connectivity index (χ4v) is 2.92. The summed E-state index contributed by atoms with van der Waals surface area (Å²) in [7, 11) is 3.74. The molecule has 3 heterocycles. The molecule has 7 heteroatoms. The summed E-state index contributed by atoms with van der Waals surface area (Å²) in [4.78, 5) is 27.1. The smallest absolute Gasteiger partial charge is 0.255 e. The van der Waals surface area contributed by atoms with Gasteiger partial charge in [0.05, 0.1) is 30.5 Å². The number of pyridine rings is 1. The Morgan fingerprint density at radius 2 is 2.08 bits per heavy atom. The molecule has 1 aliphatic rings. The van der Waals surface area contributed by atoms with Crippen LogP contribution in [0.5, 0.6) is 0 Å². The molecule has 1 N–H and O–H groups in total. The first-order chi connectivity index (χ1) is 12.0. The van der Waals surface area contributed by atoms with Gasteiger partial charge in [-0.2, -0.15) is 0 Å². The van der Waals surface area contributed by atoms with Gasteiger partial charge in [-0.3, -0.25) is 9.78 Å². The Morgan fingerprint density at radius 3 is 2.76 bits per heavy atom. The molecule has 2 unspecified atom stereocenters. The number of carbonyl (C=O) groups excluding carboxylic acids is 1. The van der Waals surface area contributed by atoms with Crippen LogP contribution < -0.4 is 10.2 Å². The SMILES string of the molecule is Cc1nc(N(C)C)ncc1C(=O)NC1COCC1Cc1ccncc1. The van der Waals surface area contributed by atoms with E-state index in [1.165, 1.54) is 5.56 Å². The van der Waals surface area contributed by atoms with Gasteiger partial charge in [-0.05, 0) is 31.0 Å². The van der Waals surface area contributed by atoms with Crippen LogP contribution in [0.2, 0.25) is 0 Å². The summed E-state index contributed by atoms with van der Waals surface area (Å²) in [5, 5.41) is 3.08. The monoisotopic (exact) mass is 341 g/mol. The summed E-state index contributed by atoms with van der Waals surface area (Å²) in [5.74, 6) is 0.681. The van der Waals surface area contributed by atoms with Crippen LogP contribution in [-0.4, -0.2) is 54.2 Å². The molecule has 1 aliphatic heterocycles. The summed E-state index contributed by atoms with van der Waals surface area (Å²) in [5.41, 5.74) is 2.36. The van der Waals surface area contributed by atoms with Crippen molar-refractivity contribution in [2.45, 2.75) is 19.4 Å². The third-order valence-electron chi connectivity index (χ3n) is 4.37. The highest BCUT2D eigenvalue weighted by molar-refractivity contribution is 5.95. The predicted octanol–water partition coefficient (Wildman–Crippen LogP) is 1.23. The highest BCUT2D eigenvalue weighted by Crippen LogP contribution is 2.20. The Morgan fingerprint density at radius 1 is 1.32 bits per heavy atom. The minimum absolute atomic E-state index is 0.0198. The van der Waals surface area contributed by atoms with Crippen molar-refractivity contribution in [1.29, 1.82) is 0 Å². The Bertz CT molecular complexity index is 736. The van der Waals surface area contributed by atoms with Crippen molar-refractivity contribution in [3.63, 3.8) is 0 Å². The average molecular weight is 341 g/mol. The van der Waals surface area contributed by atoms with E-state index < -0.39 is 0 Å². The van der Waals surface area contributed by atoms with Gasteiger partial charge in [0.1, 0.15) is 0 Å². The summed E-state index contributed by atoms with van der Waals surface area (Å²) < 4.78 is 5.59. The van der Waals surface area contributed by atoms with E-state index in [-0.39, 0.29) is 17.9 Å². The number of carbonyl (C=O) groups is 1. The number of aryl methyl sites for hydroxylation is 1. The average Bonchev–Trinajstić information content (AvgIpc) is 3.02. The fourth-order valence-electron chi connectivity index (χ4n) is 2.92. The van der Waals surface area contributed by atoms with Crippen molar-refractivity contribution in [3.8, 4) is 0 Å². The molecule has 2 aromatic heterocycles. The summed E-state index contributed by atoms with van der Waals surface area (Å²) in [6.45, 7) is 2.99. The molecule has 0 spiro atoms. The molecule has 1 fully saturated rings. The predicted molar refractivity (Wildman–Crippen MR) is 94.6 cm³/mol. The second kappa shape index (κ2) is 7.57. The second-order valence-corrected chi connectivity index (χ2v) is 6.50. The molecule has 25 heavy (non-hydrogen) atoms. The van der Waals surface area contributed by atoms with Crippen LogP contribution >= 0.6 is 0 Å². The number of amides is 1. The maximum Gasteiger partial charge on any atom is 0.255 e. The maximum atomic E-state index is 12.6. The molecule has 0 aliphatic carbocycles. The zero-order chi connectivity index (χ0) is 17.8. The number of anilines is 1. The highest BCUT2D eigenvalue weighted by atomic mass is 16.5. The molecular weight excluding hydrogens is 318 g/mol. The van der Waals surface area contributed by atoms with E-state index in [4.69, 9.17) is 4.74 Å². The zero-order valence-corrected chi connectivity index (χ0v) is 14.8. The van der Waals surface area contributed by atoms with Gasteiger partial charge in [0.2, 0.25) is 5.95 Å². The number of hydrogen-bond acceptors (Lipinski definition) is 6. The number of nitrogens with one attached hydrogen (secondary N) is 1. The van der Waals surface area contributed by atoms with Crippen LogP contribution in [0.15, 0.2) is 30.7 Å². The van der Waals surface area contributed by atoms with Crippen molar-refractivity contribution in [2.75, 3.05) is 32.2 Å². The molecule has 0 bridgehead atoms. The van der Waals surface area contributed by atoms with Crippen LogP contribution in [0.3, 0.4) is 0 Å². The first kappa shape index (κ1) is 17.3. The molecule has 0 saturated carbocycles. The van der Waals surface area contributed by atoms with Crippen LogP contribution in [0.25, 0.3) is 0 Å². The standard InChI is InChI=1S/C18H23N5O2/c1-12-15(9-20-18(21-12)23(2)3)17(24)22-16-11-25-10-14(16)8-13-4-6-19-7-5-13/h4-7,9,14,16H,8,10-11H2,1-3H3,(H,22,24). The van der Waals surface area contributed by atoms with Gasteiger partial charge in [-0.25, -0.2) is 9.97 Å². The number of rotatable bonds is 5. The van der Waals surface area contributed by atoms with E-state index in [0.29, 0.717) is 30.4 Å². The van der Waals surface area contributed by atoms with E-state index in [9.17, 15) is 4.79 Å². The van der Waals surface area contributed by atoms with Gasteiger partial charge in [0.15, 0.2) is 0 Å². The molecule has 132 valence electrons. The summed E-state index contributed by atoms with van der Waals surface area (Å²) >= 11 is 0. The van der Waals surface area contributed by atoms with Crippen LogP contribution in [0.1, 0.15) is 21.6 Å². The third-order valence-corrected chi connectivity index (χ3v) is 4.37. The minimum Gasteiger partial charge on any atom is -0.379 e. The third kappa shape index (κ3) is 4.11. The zero-order valence-electron chi connectivity index (χ0n) is 14.8. The highest BCUT2D eigenvalue weighted by Gasteiger charge is 2.30. The molecular formula is C18H23N5O2. The number of ether oxygens (including phenoxy) is 1. The lowest BCUT2D eigenvalue weighted by molar-refractivity contribution is 0.0923. The van der Waals surface area contributed by atoms with Gasteiger partial charge in [-0.15, -0.1) is 0 Å². The minimum atomic E-state index is -0.155. The number of nitrogens with zero attached hydrogens (tertiary/aromatic N) is 4. The van der Waals surface area contributed by atoms with Crippen molar-refractivity contribution < 1.29 is 9.53 Å². The van der Waals surface area contributed by atoms with Crippen molar-refractivity contribution in [1.82, 2.24) is 20.3 Å². The van der Waals surface area contributed by atoms with Crippen molar-refractivity contribution in [3.05, 3.63) is 47.5 Å². The lowest BCUT2D eigenvalue weighted by Gasteiger charge is -2.20. The first-order valence-electron chi connectivity index (χ1n) is 8.33. The van der Waals surface area contributed by atoms with E-state index in [2.05, 4.69) is 20.3 Å². The molecule has 1 amide bonds. The van der Waals surface area contributed by atoms with Crippen molar-refractivity contribution >= 4 is 11.9 Å². The number of hydrogen-bond donors (Lipinski definition) is 1. The van der Waals surface area contributed by atoms with E-state index in [1.54, 1.807) is 18.6 Å². The van der Waals surface area contributed by atoms with Crippen LogP contribution in [0.4, 0.5) is 5.95 Å². The summed E-state index contributed by atoms with van der Waals surface area (Å²) in [6, 6.07) is 3.97. The molecule has 2 aromatic rings. The fraction of sp³-hybridized carbons (Fsp3) is 0.444. The second-order valence-electron chi connectivity index (χ2n) is 6.50. The van der Waals surface area contributed by atoms with Gasteiger partial charge in [0.25, 0.3) is 5.91 Å². The van der Waals surface area contributed by atoms with Crippen LogP contribution in [0, 0.1) is 12.8 Å². The number of aromatic nitrogens is 3. The summed E-state index contributed by atoms with van der Waals surface area (Å²) in [6.07, 6.45) is 6.00. The van der Waals surface area contributed by atoms with Crippen molar-refractivity contribution in [2.24, 2.45) is 5.92 Å². The van der Waals surface area contributed by atoms with Crippen LogP contribution in [-0.2, 0) is 11.2 Å². The Kier molecular flexibility index (Phi) is 5.23. The molecule has 0 aromatic carbocycles. The van der Waals surface area contributed by atoms with E-state index in [0.717, 1.165) is 6.42 Å². The van der Waals surface area contributed by atoms with Gasteiger partial charge in [0, 0.05) is 38.6 Å². The topological polar surface area (TPSA) is 80.2 Å². The van der Waals surface area contributed by atoms with Gasteiger partial charge >= 0.3 is 0 Å². The largest absolute Gasteiger partial charge is 0.379 e. The van der Waals surface area contributed by atoms with E-state index >= 15 is 0 Å². The quantitative estimate of drug-likeness (QED) is 0.881. The molecule has 7 nitrogen and oxygen atoms in total. The lowest BCUT2D eigenvalue weighted by Crippen LogP contribution is -2.41. The molecule has 0 radical (unpaired) electrons. The molecule has 1 saturated heterocycles. The lowest BCUT2D eigenvalue weighted by atomic mass is 9.95. The first-order valence-corrected chi connectivity index (χ1v) is 8.33. The Balaban J connectivity index is 1.67. The van der Waals surface area contributed by atoms with Gasteiger partial charge in [-0.1, -0.05) is 0 Å². The maximum absolute atomic E-state index is 12.6.